The summed E-state index contributed by atoms with van der Waals surface area (Å²) in [6.07, 6.45) is 2.06. The normalized spacial score (nSPS) is 10.0. The minimum atomic E-state index is 0.715. The van der Waals surface area contributed by atoms with Crippen LogP contribution in [0.25, 0.3) is 0 Å². The molecule has 2 nitrogen and oxygen atoms in total. The number of hydrogen-bond acceptors (Lipinski definition) is 3. The van der Waals surface area contributed by atoms with Gasteiger partial charge in [-0.2, -0.15) is 11.8 Å². The summed E-state index contributed by atoms with van der Waals surface area (Å²) in [4.78, 5) is 0. The lowest BCUT2D eigenvalue weighted by atomic mass is 10.2. The highest BCUT2D eigenvalue weighted by molar-refractivity contribution is 7.98. The number of ether oxygens (including phenoxy) is 1. The first-order valence-electron chi connectivity index (χ1n) is 4.22. The van der Waals surface area contributed by atoms with Crippen molar-refractivity contribution in [1.29, 1.82) is 0 Å². The fourth-order valence-corrected chi connectivity index (χ4v) is 1.25. The van der Waals surface area contributed by atoms with Crippen LogP contribution in [0, 0.1) is 6.92 Å². The van der Waals surface area contributed by atoms with E-state index in [4.69, 9.17) is 10.5 Å². The van der Waals surface area contributed by atoms with Crippen molar-refractivity contribution < 1.29 is 4.74 Å². The lowest BCUT2D eigenvalue weighted by Crippen LogP contribution is -2.02. The molecule has 72 valence electrons. The number of nitrogens with two attached hydrogens (primary N) is 1. The van der Waals surface area contributed by atoms with Crippen LogP contribution in [0.4, 0.5) is 5.69 Å². The summed E-state index contributed by atoms with van der Waals surface area (Å²) >= 11 is 1.77. The Hall–Kier alpha value is -0.830. The van der Waals surface area contributed by atoms with Gasteiger partial charge >= 0.3 is 0 Å². The predicted octanol–water partition coefficient (Wildman–Crippen LogP) is 2.32. The highest BCUT2D eigenvalue weighted by Crippen LogP contribution is 2.22. The zero-order valence-electron chi connectivity index (χ0n) is 8.04. The van der Waals surface area contributed by atoms with Crippen LogP contribution in [0.15, 0.2) is 18.2 Å². The van der Waals surface area contributed by atoms with E-state index in [0.717, 1.165) is 18.1 Å². The van der Waals surface area contributed by atoms with Crippen molar-refractivity contribution in [2.24, 2.45) is 0 Å². The van der Waals surface area contributed by atoms with Crippen LogP contribution in [0.2, 0.25) is 0 Å². The van der Waals surface area contributed by atoms with E-state index in [2.05, 4.69) is 6.26 Å². The molecule has 0 aliphatic rings. The minimum Gasteiger partial charge on any atom is -0.491 e. The Kier molecular flexibility index (Phi) is 3.96. The third-order valence-electron chi connectivity index (χ3n) is 1.71. The molecular formula is C10H15NOS. The van der Waals surface area contributed by atoms with E-state index in [1.165, 1.54) is 5.56 Å². The Morgan fingerprint density at radius 1 is 1.46 bits per heavy atom. The Labute approximate surface area is 83.5 Å². The minimum absolute atomic E-state index is 0.715. The number of hydrogen-bond donors (Lipinski definition) is 1. The van der Waals surface area contributed by atoms with Gasteiger partial charge in [0.15, 0.2) is 0 Å². The smallest absolute Gasteiger partial charge is 0.142 e. The molecule has 0 atom stereocenters. The van der Waals surface area contributed by atoms with Crippen molar-refractivity contribution in [3.8, 4) is 5.75 Å². The zero-order chi connectivity index (χ0) is 9.68. The molecule has 13 heavy (non-hydrogen) atoms. The molecule has 0 fully saturated rings. The lowest BCUT2D eigenvalue weighted by molar-refractivity contribution is 0.345. The molecule has 1 rings (SSSR count). The molecule has 0 spiro atoms. The Morgan fingerprint density at radius 3 is 2.92 bits per heavy atom. The third kappa shape index (κ3) is 3.19. The van der Waals surface area contributed by atoms with Crippen LogP contribution in [-0.4, -0.2) is 18.6 Å². The molecule has 0 radical (unpaired) electrons. The maximum Gasteiger partial charge on any atom is 0.142 e. The summed E-state index contributed by atoms with van der Waals surface area (Å²) in [6, 6.07) is 5.83. The van der Waals surface area contributed by atoms with Gasteiger partial charge in [0.2, 0.25) is 0 Å². The van der Waals surface area contributed by atoms with Gasteiger partial charge in [0, 0.05) is 5.75 Å². The molecule has 0 amide bonds. The zero-order valence-corrected chi connectivity index (χ0v) is 8.86. The molecule has 0 heterocycles. The van der Waals surface area contributed by atoms with Gasteiger partial charge in [-0.3, -0.25) is 0 Å². The highest BCUT2D eigenvalue weighted by atomic mass is 32.2. The number of benzene rings is 1. The molecule has 3 heteroatoms. The SMILES string of the molecule is CSCCOc1cc(C)ccc1N. The first-order chi connectivity index (χ1) is 6.24. The summed E-state index contributed by atoms with van der Waals surface area (Å²) in [6.45, 7) is 2.75. The Bertz CT molecular complexity index is 276. The highest BCUT2D eigenvalue weighted by Gasteiger charge is 1.99. The van der Waals surface area contributed by atoms with Crippen molar-refractivity contribution in [3.05, 3.63) is 23.8 Å². The number of anilines is 1. The molecule has 0 aliphatic carbocycles. The third-order valence-corrected chi connectivity index (χ3v) is 2.29. The number of nitrogen functional groups attached to an aromatic ring is 1. The number of rotatable bonds is 4. The standard InChI is InChI=1S/C10H15NOS/c1-8-3-4-9(11)10(7-8)12-5-6-13-2/h3-4,7H,5-6,11H2,1-2H3. The molecule has 1 aromatic rings. The second-order valence-corrected chi connectivity index (χ2v) is 3.87. The number of thioether (sulfide) groups is 1. The van der Waals surface area contributed by atoms with E-state index in [0.29, 0.717) is 5.69 Å². The fraction of sp³-hybridized carbons (Fsp3) is 0.400. The van der Waals surface area contributed by atoms with Gasteiger partial charge in [-0.1, -0.05) is 6.07 Å². The summed E-state index contributed by atoms with van der Waals surface area (Å²) in [5.74, 6) is 1.79. The summed E-state index contributed by atoms with van der Waals surface area (Å²) in [7, 11) is 0. The maximum atomic E-state index is 5.74. The van der Waals surface area contributed by atoms with E-state index in [-0.39, 0.29) is 0 Å². The summed E-state index contributed by atoms with van der Waals surface area (Å²) in [5.41, 5.74) is 7.63. The topological polar surface area (TPSA) is 35.2 Å². The van der Waals surface area contributed by atoms with Gasteiger partial charge < -0.3 is 10.5 Å². The lowest BCUT2D eigenvalue weighted by Gasteiger charge is -2.08. The van der Waals surface area contributed by atoms with Crippen molar-refractivity contribution >= 4 is 17.4 Å². The summed E-state index contributed by atoms with van der Waals surface area (Å²) < 4.78 is 5.51. The van der Waals surface area contributed by atoms with Gasteiger partial charge in [0.1, 0.15) is 5.75 Å². The van der Waals surface area contributed by atoms with E-state index >= 15 is 0 Å². The van der Waals surface area contributed by atoms with Gasteiger partial charge in [-0.15, -0.1) is 0 Å². The summed E-state index contributed by atoms with van der Waals surface area (Å²) in [5, 5.41) is 0. The average Bonchev–Trinajstić information content (AvgIpc) is 2.11. The molecule has 2 N–H and O–H groups in total. The van der Waals surface area contributed by atoms with E-state index in [9.17, 15) is 0 Å². The van der Waals surface area contributed by atoms with E-state index in [1.807, 2.05) is 25.1 Å². The van der Waals surface area contributed by atoms with Crippen molar-refractivity contribution in [1.82, 2.24) is 0 Å². The molecule has 0 saturated carbocycles. The maximum absolute atomic E-state index is 5.74. The Morgan fingerprint density at radius 2 is 2.23 bits per heavy atom. The second-order valence-electron chi connectivity index (χ2n) is 2.88. The van der Waals surface area contributed by atoms with Gasteiger partial charge in [0.25, 0.3) is 0 Å². The first kappa shape index (κ1) is 10.3. The molecular weight excluding hydrogens is 182 g/mol. The van der Waals surface area contributed by atoms with Crippen molar-refractivity contribution in [2.45, 2.75) is 6.92 Å². The monoisotopic (exact) mass is 197 g/mol. The van der Waals surface area contributed by atoms with Crippen molar-refractivity contribution in [2.75, 3.05) is 24.3 Å². The quantitative estimate of drug-likeness (QED) is 0.594. The average molecular weight is 197 g/mol. The van der Waals surface area contributed by atoms with Crippen LogP contribution in [-0.2, 0) is 0 Å². The van der Waals surface area contributed by atoms with Crippen LogP contribution in [0.3, 0.4) is 0 Å². The van der Waals surface area contributed by atoms with Gasteiger partial charge in [-0.25, -0.2) is 0 Å². The molecule has 0 bridgehead atoms. The van der Waals surface area contributed by atoms with E-state index in [1.54, 1.807) is 11.8 Å². The largest absolute Gasteiger partial charge is 0.491 e. The van der Waals surface area contributed by atoms with Gasteiger partial charge in [-0.05, 0) is 30.9 Å². The predicted molar refractivity (Wildman–Crippen MR) is 59.5 cm³/mol. The van der Waals surface area contributed by atoms with Crippen LogP contribution in [0.5, 0.6) is 5.75 Å². The molecule has 0 aliphatic heterocycles. The van der Waals surface area contributed by atoms with Gasteiger partial charge in [0.05, 0.1) is 12.3 Å². The fourth-order valence-electron chi connectivity index (χ4n) is 1.00. The molecule has 0 saturated heterocycles. The first-order valence-corrected chi connectivity index (χ1v) is 5.61. The van der Waals surface area contributed by atoms with Crippen LogP contribution < -0.4 is 10.5 Å². The van der Waals surface area contributed by atoms with Crippen LogP contribution >= 0.6 is 11.8 Å². The molecule has 0 aromatic heterocycles. The van der Waals surface area contributed by atoms with Crippen LogP contribution in [0.1, 0.15) is 5.56 Å². The molecule has 0 unspecified atom stereocenters. The second kappa shape index (κ2) is 5.02. The Balaban J connectivity index is 2.59. The molecule has 1 aromatic carbocycles. The van der Waals surface area contributed by atoms with Crippen molar-refractivity contribution in [3.63, 3.8) is 0 Å². The van der Waals surface area contributed by atoms with E-state index < -0.39 is 0 Å². The number of aryl methyl sites for hydroxylation is 1.